The van der Waals surface area contributed by atoms with Gasteiger partial charge < -0.3 is 16.2 Å². The monoisotopic (exact) mass is 236 g/mol. The molecule has 5 heteroatoms. The van der Waals surface area contributed by atoms with E-state index in [1.54, 1.807) is 31.2 Å². The molecule has 0 radical (unpaired) electrons. The van der Waals surface area contributed by atoms with Gasteiger partial charge in [0.15, 0.2) is 0 Å². The van der Waals surface area contributed by atoms with Gasteiger partial charge in [-0.05, 0) is 24.6 Å². The molecule has 0 aromatic heterocycles. The van der Waals surface area contributed by atoms with E-state index in [0.717, 1.165) is 5.56 Å². The predicted molar refractivity (Wildman–Crippen MR) is 64.4 cm³/mol. The lowest BCUT2D eigenvalue weighted by atomic mass is 10.1. The summed E-state index contributed by atoms with van der Waals surface area (Å²) in [6.07, 6.45) is 0.123. The lowest BCUT2D eigenvalue weighted by molar-refractivity contribution is -0.137. The van der Waals surface area contributed by atoms with E-state index in [1.165, 1.54) is 0 Å². The molecule has 5 nitrogen and oxygen atoms in total. The van der Waals surface area contributed by atoms with Gasteiger partial charge in [-0.2, -0.15) is 0 Å². The molecular weight excluding hydrogens is 220 g/mol. The molecule has 0 aliphatic carbocycles. The molecule has 1 unspecified atom stereocenters. The minimum Gasteiger partial charge on any atom is -0.481 e. The number of hydrogen-bond acceptors (Lipinski definition) is 3. The predicted octanol–water partition coefficient (Wildman–Crippen LogP) is 0.791. The van der Waals surface area contributed by atoms with Gasteiger partial charge in [0, 0.05) is 11.7 Å². The van der Waals surface area contributed by atoms with Crippen molar-refractivity contribution >= 4 is 17.6 Å². The van der Waals surface area contributed by atoms with Crippen LogP contribution in [0.3, 0.4) is 0 Å². The number of amides is 1. The second-order valence-electron chi connectivity index (χ2n) is 3.99. The lowest BCUT2D eigenvalue weighted by Crippen LogP contribution is -2.35. The Labute approximate surface area is 99.6 Å². The second-order valence-corrected chi connectivity index (χ2v) is 3.99. The number of aliphatic carboxylic acids is 1. The molecule has 1 aromatic rings. The van der Waals surface area contributed by atoms with Crippen molar-refractivity contribution in [3.05, 3.63) is 29.8 Å². The van der Waals surface area contributed by atoms with Gasteiger partial charge in [0.2, 0.25) is 5.91 Å². The Morgan fingerprint density at radius 2 is 2.18 bits per heavy atom. The summed E-state index contributed by atoms with van der Waals surface area (Å²) in [5.74, 6) is -1.13. The molecule has 1 aromatic carbocycles. The summed E-state index contributed by atoms with van der Waals surface area (Å²) in [5, 5.41) is 11.2. The Kier molecular flexibility index (Phi) is 4.51. The van der Waals surface area contributed by atoms with Crippen LogP contribution < -0.4 is 11.1 Å². The van der Waals surface area contributed by atoms with Gasteiger partial charge >= 0.3 is 5.97 Å². The highest BCUT2D eigenvalue weighted by molar-refractivity contribution is 5.79. The number of benzene rings is 1. The van der Waals surface area contributed by atoms with E-state index in [-0.39, 0.29) is 24.8 Å². The summed E-state index contributed by atoms with van der Waals surface area (Å²) in [7, 11) is 0. The fourth-order valence-corrected chi connectivity index (χ4v) is 1.53. The van der Waals surface area contributed by atoms with Gasteiger partial charge in [0.05, 0.1) is 12.8 Å². The largest absolute Gasteiger partial charge is 0.481 e. The summed E-state index contributed by atoms with van der Waals surface area (Å²) >= 11 is 0. The maximum absolute atomic E-state index is 11.6. The number of carboxylic acid groups (broad SMARTS) is 1. The molecule has 1 atom stereocenters. The van der Waals surface area contributed by atoms with E-state index in [2.05, 4.69) is 5.32 Å². The maximum atomic E-state index is 11.6. The van der Waals surface area contributed by atoms with Crippen molar-refractivity contribution in [2.45, 2.75) is 25.8 Å². The number of nitrogens with one attached hydrogen (secondary N) is 1. The third-order valence-electron chi connectivity index (χ3n) is 2.20. The fourth-order valence-electron chi connectivity index (χ4n) is 1.53. The van der Waals surface area contributed by atoms with Gasteiger partial charge in [0.1, 0.15) is 0 Å². The molecule has 0 aliphatic rings. The van der Waals surface area contributed by atoms with Crippen molar-refractivity contribution in [3.8, 4) is 0 Å². The summed E-state index contributed by atoms with van der Waals surface area (Å²) in [6, 6.07) is 6.67. The van der Waals surface area contributed by atoms with Crippen molar-refractivity contribution in [2.24, 2.45) is 0 Å². The third-order valence-corrected chi connectivity index (χ3v) is 2.20. The highest BCUT2D eigenvalue weighted by Gasteiger charge is 2.11. The van der Waals surface area contributed by atoms with Gasteiger partial charge in [-0.3, -0.25) is 9.59 Å². The van der Waals surface area contributed by atoms with Crippen LogP contribution in [0, 0.1) is 0 Å². The number of hydrogen-bond donors (Lipinski definition) is 3. The number of carboxylic acids is 1. The minimum atomic E-state index is -0.929. The molecule has 0 spiro atoms. The van der Waals surface area contributed by atoms with E-state index in [4.69, 9.17) is 10.8 Å². The van der Waals surface area contributed by atoms with E-state index in [9.17, 15) is 9.59 Å². The molecule has 0 saturated heterocycles. The first kappa shape index (κ1) is 13.0. The normalized spacial score (nSPS) is 11.8. The second kappa shape index (κ2) is 5.89. The fraction of sp³-hybridized carbons (Fsp3) is 0.333. The van der Waals surface area contributed by atoms with Gasteiger partial charge in [-0.1, -0.05) is 12.1 Å². The SMILES string of the molecule is CC(CC(=O)O)NC(=O)Cc1cccc(N)c1. The molecule has 0 bridgehead atoms. The Hall–Kier alpha value is -2.04. The molecule has 1 rings (SSSR count). The van der Waals surface area contributed by atoms with Crippen molar-refractivity contribution in [3.63, 3.8) is 0 Å². The Morgan fingerprint density at radius 3 is 2.76 bits per heavy atom. The van der Waals surface area contributed by atoms with Crippen LogP contribution in [-0.2, 0) is 16.0 Å². The molecule has 0 aliphatic heterocycles. The molecule has 0 heterocycles. The first-order valence-corrected chi connectivity index (χ1v) is 5.33. The number of carbonyl (C=O) groups excluding carboxylic acids is 1. The summed E-state index contributed by atoms with van der Waals surface area (Å²) < 4.78 is 0. The van der Waals surface area contributed by atoms with E-state index in [1.807, 2.05) is 0 Å². The zero-order chi connectivity index (χ0) is 12.8. The zero-order valence-electron chi connectivity index (χ0n) is 9.64. The van der Waals surface area contributed by atoms with Crippen LogP contribution in [0.1, 0.15) is 18.9 Å². The standard InChI is InChI=1S/C12H16N2O3/c1-8(5-12(16)17)14-11(15)7-9-3-2-4-10(13)6-9/h2-4,6,8H,5,7,13H2,1H3,(H,14,15)(H,16,17). The maximum Gasteiger partial charge on any atom is 0.305 e. The van der Waals surface area contributed by atoms with Crippen LogP contribution in [0.4, 0.5) is 5.69 Å². The number of nitrogens with two attached hydrogens (primary N) is 1. The van der Waals surface area contributed by atoms with Crippen molar-refractivity contribution in [1.82, 2.24) is 5.32 Å². The van der Waals surface area contributed by atoms with Crippen LogP contribution in [0.15, 0.2) is 24.3 Å². The quantitative estimate of drug-likeness (QED) is 0.659. The van der Waals surface area contributed by atoms with E-state index in [0.29, 0.717) is 5.69 Å². The molecule has 1 amide bonds. The third kappa shape index (κ3) is 5.01. The minimum absolute atomic E-state index is 0.0807. The first-order valence-electron chi connectivity index (χ1n) is 5.33. The van der Waals surface area contributed by atoms with Crippen molar-refractivity contribution in [1.29, 1.82) is 0 Å². The molecule has 4 N–H and O–H groups in total. The van der Waals surface area contributed by atoms with Crippen LogP contribution in [0.2, 0.25) is 0 Å². The summed E-state index contributed by atoms with van der Waals surface area (Å²) in [4.78, 5) is 22.0. The van der Waals surface area contributed by atoms with Gasteiger partial charge in [-0.15, -0.1) is 0 Å². The van der Waals surface area contributed by atoms with Gasteiger partial charge in [-0.25, -0.2) is 0 Å². The molecule has 0 fully saturated rings. The molecule has 0 saturated carbocycles. The Morgan fingerprint density at radius 1 is 1.47 bits per heavy atom. The number of rotatable bonds is 5. The van der Waals surface area contributed by atoms with E-state index >= 15 is 0 Å². The number of nitrogen functional groups attached to an aromatic ring is 1. The number of anilines is 1. The summed E-state index contributed by atoms with van der Waals surface area (Å²) in [5.41, 5.74) is 7.01. The first-order chi connectivity index (χ1) is 7.97. The topological polar surface area (TPSA) is 92.4 Å². The molecule has 17 heavy (non-hydrogen) atoms. The molecule has 92 valence electrons. The van der Waals surface area contributed by atoms with Crippen molar-refractivity contribution < 1.29 is 14.7 Å². The zero-order valence-corrected chi connectivity index (χ0v) is 9.64. The van der Waals surface area contributed by atoms with Crippen LogP contribution >= 0.6 is 0 Å². The van der Waals surface area contributed by atoms with Crippen molar-refractivity contribution in [2.75, 3.05) is 5.73 Å². The van der Waals surface area contributed by atoms with Crippen LogP contribution in [-0.4, -0.2) is 23.0 Å². The average molecular weight is 236 g/mol. The van der Waals surface area contributed by atoms with E-state index < -0.39 is 5.97 Å². The van der Waals surface area contributed by atoms with Crippen LogP contribution in [0.5, 0.6) is 0 Å². The highest BCUT2D eigenvalue weighted by atomic mass is 16.4. The van der Waals surface area contributed by atoms with Gasteiger partial charge in [0.25, 0.3) is 0 Å². The smallest absolute Gasteiger partial charge is 0.305 e. The number of carbonyl (C=O) groups is 2. The Bertz CT molecular complexity index is 418. The average Bonchev–Trinajstić information content (AvgIpc) is 2.14. The highest BCUT2D eigenvalue weighted by Crippen LogP contribution is 2.07. The Balaban J connectivity index is 2.47. The molecular formula is C12H16N2O3. The van der Waals surface area contributed by atoms with Crippen LogP contribution in [0.25, 0.3) is 0 Å². The summed E-state index contributed by atoms with van der Waals surface area (Å²) in [6.45, 7) is 1.66. The lowest BCUT2D eigenvalue weighted by Gasteiger charge is -2.11.